The van der Waals surface area contributed by atoms with Crippen LogP contribution >= 0.6 is 11.3 Å². The smallest absolute Gasteiger partial charge is 0.347 e. The number of hydrogen-bond donors (Lipinski definition) is 1. The van der Waals surface area contributed by atoms with E-state index < -0.39 is 5.97 Å². The van der Waals surface area contributed by atoms with Crippen LogP contribution in [0, 0.1) is 5.92 Å². The molecule has 116 valence electrons. The topological polar surface area (TPSA) is 53.4 Å². The van der Waals surface area contributed by atoms with Gasteiger partial charge in [-0.3, -0.25) is 0 Å². The molecule has 0 spiro atoms. The Morgan fingerprint density at radius 2 is 2.00 bits per heavy atom. The summed E-state index contributed by atoms with van der Waals surface area (Å²) >= 11 is 1.37. The van der Waals surface area contributed by atoms with E-state index in [0.717, 1.165) is 23.3 Å². The highest BCUT2D eigenvalue weighted by atomic mass is 32.1. The number of carboxylic acid groups (broad SMARTS) is 1. The predicted molar refractivity (Wildman–Crippen MR) is 85.5 cm³/mol. The number of carbonyl (C=O) groups is 1. The third kappa shape index (κ3) is 2.80. The van der Waals surface area contributed by atoms with Gasteiger partial charge in [-0.25, -0.2) is 9.78 Å². The van der Waals surface area contributed by atoms with E-state index in [1.54, 1.807) is 0 Å². The molecule has 3 rings (SSSR count). The number of aromatic carboxylic acids is 1. The molecule has 0 amide bonds. The summed E-state index contributed by atoms with van der Waals surface area (Å²) in [4.78, 5) is 19.0. The zero-order valence-electron chi connectivity index (χ0n) is 12.8. The van der Waals surface area contributed by atoms with E-state index in [0.29, 0.717) is 10.9 Å². The van der Waals surface area contributed by atoms with E-state index >= 15 is 0 Å². The minimum absolute atomic E-state index is 0.160. The highest BCUT2D eigenvalue weighted by Crippen LogP contribution is 2.40. The predicted octanol–water partition coefficient (Wildman–Crippen LogP) is 4.12. The van der Waals surface area contributed by atoms with Gasteiger partial charge in [0, 0.05) is 12.6 Å². The molecule has 1 aliphatic carbocycles. The molecule has 0 bridgehead atoms. The van der Waals surface area contributed by atoms with E-state index in [-0.39, 0.29) is 5.92 Å². The largest absolute Gasteiger partial charge is 0.477 e. The molecule has 1 aliphatic heterocycles. The van der Waals surface area contributed by atoms with E-state index in [1.165, 1.54) is 49.9 Å². The fourth-order valence-corrected chi connectivity index (χ4v) is 4.99. The van der Waals surface area contributed by atoms with Crippen LogP contribution in [-0.2, 0) is 0 Å². The zero-order valence-corrected chi connectivity index (χ0v) is 13.7. The van der Waals surface area contributed by atoms with E-state index in [2.05, 4.69) is 4.90 Å². The number of hydrogen-bond acceptors (Lipinski definition) is 4. The second-order valence-corrected chi connectivity index (χ2v) is 7.60. The summed E-state index contributed by atoms with van der Waals surface area (Å²) in [6.45, 7) is 5.07. The van der Waals surface area contributed by atoms with Crippen molar-refractivity contribution in [2.45, 2.75) is 64.3 Å². The van der Waals surface area contributed by atoms with Crippen LogP contribution in [0.5, 0.6) is 0 Å². The molecule has 21 heavy (non-hydrogen) atoms. The Morgan fingerprint density at radius 1 is 1.29 bits per heavy atom. The van der Waals surface area contributed by atoms with Crippen LogP contribution < -0.4 is 4.90 Å². The first-order valence-electron chi connectivity index (χ1n) is 8.08. The second-order valence-electron chi connectivity index (χ2n) is 6.62. The van der Waals surface area contributed by atoms with Crippen LogP contribution in [0.15, 0.2) is 0 Å². The quantitative estimate of drug-likeness (QED) is 0.912. The van der Waals surface area contributed by atoms with Crippen LogP contribution in [0.2, 0.25) is 0 Å². The molecule has 0 unspecified atom stereocenters. The summed E-state index contributed by atoms with van der Waals surface area (Å²) in [5.41, 5.74) is 0.750. The van der Waals surface area contributed by atoms with Gasteiger partial charge >= 0.3 is 5.97 Å². The molecule has 1 saturated heterocycles. The van der Waals surface area contributed by atoms with Crippen LogP contribution in [0.1, 0.15) is 73.7 Å². The van der Waals surface area contributed by atoms with Crippen molar-refractivity contribution in [3.05, 3.63) is 10.6 Å². The van der Waals surface area contributed by atoms with Gasteiger partial charge in [-0.1, -0.05) is 38.0 Å². The number of anilines is 1. The summed E-state index contributed by atoms with van der Waals surface area (Å²) < 4.78 is 0. The Hall–Kier alpha value is -1.10. The molecule has 0 radical (unpaired) electrons. The summed E-state index contributed by atoms with van der Waals surface area (Å²) in [7, 11) is 0. The lowest BCUT2D eigenvalue weighted by Gasteiger charge is -2.44. The van der Waals surface area contributed by atoms with Crippen LogP contribution in [-0.4, -0.2) is 28.6 Å². The van der Waals surface area contributed by atoms with E-state index in [4.69, 9.17) is 4.98 Å². The number of nitrogens with zero attached hydrogens (tertiary/aromatic N) is 2. The van der Waals surface area contributed by atoms with Gasteiger partial charge < -0.3 is 10.0 Å². The first kappa shape index (κ1) is 14.8. The fraction of sp³-hybridized carbons (Fsp3) is 0.750. The van der Waals surface area contributed by atoms with Crippen molar-refractivity contribution in [3.8, 4) is 0 Å². The van der Waals surface area contributed by atoms with Crippen LogP contribution in [0.4, 0.5) is 5.13 Å². The summed E-state index contributed by atoms with van der Waals surface area (Å²) in [6.07, 6.45) is 7.75. The maximum absolute atomic E-state index is 11.5. The van der Waals surface area contributed by atoms with Crippen molar-refractivity contribution in [1.29, 1.82) is 0 Å². The van der Waals surface area contributed by atoms with Crippen LogP contribution in [0.3, 0.4) is 0 Å². The van der Waals surface area contributed by atoms with Crippen molar-refractivity contribution < 1.29 is 9.90 Å². The van der Waals surface area contributed by atoms with Crippen molar-refractivity contribution in [3.63, 3.8) is 0 Å². The fourth-order valence-electron chi connectivity index (χ4n) is 3.85. The average Bonchev–Trinajstić information content (AvgIpc) is 2.92. The highest BCUT2D eigenvalue weighted by molar-refractivity contribution is 7.17. The number of carboxylic acids is 1. The first-order chi connectivity index (χ1) is 10.1. The summed E-state index contributed by atoms with van der Waals surface area (Å²) in [6, 6.07) is 0.584. The van der Waals surface area contributed by atoms with Gasteiger partial charge in [-0.15, -0.1) is 0 Å². The lowest BCUT2D eigenvalue weighted by atomic mass is 9.78. The first-order valence-corrected chi connectivity index (χ1v) is 8.90. The van der Waals surface area contributed by atoms with Gasteiger partial charge in [-0.2, -0.15) is 0 Å². The molecule has 5 heteroatoms. The SMILES string of the molecule is CC(C)c1nc(N2CCC[C@H]3CCCC[C@H]32)sc1C(=O)O. The standard InChI is InChI=1S/C16H24N2O2S/c1-10(2)13-14(15(19)20)21-16(17-13)18-9-5-7-11-6-3-4-8-12(11)18/h10-12H,3-9H2,1-2H3,(H,19,20)/t11-,12-/m1/s1. The summed E-state index contributed by atoms with van der Waals surface area (Å²) in [5, 5.41) is 10.3. The Balaban J connectivity index is 1.91. The Kier molecular flexibility index (Phi) is 4.20. The third-order valence-electron chi connectivity index (χ3n) is 4.87. The molecule has 1 saturated carbocycles. The lowest BCUT2D eigenvalue weighted by molar-refractivity contribution is 0.0700. The summed E-state index contributed by atoms with van der Waals surface area (Å²) in [5.74, 6) is 0.111. The number of aromatic nitrogens is 1. The Bertz CT molecular complexity index is 524. The van der Waals surface area contributed by atoms with E-state index in [1.807, 2.05) is 13.8 Å². The molecule has 2 fully saturated rings. The zero-order chi connectivity index (χ0) is 15.0. The minimum Gasteiger partial charge on any atom is -0.477 e. The Morgan fingerprint density at radius 3 is 2.67 bits per heavy atom. The van der Waals surface area contributed by atoms with Crippen molar-refractivity contribution in [2.24, 2.45) is 5.92 Å². The van der Waals surface area contributed by atoms with Crippen molar-refractivity contribution in [2.75, 3.05) is 11.4 Å². The van der Waals surface area contributed by atoms with Crippen LogP contribution in [0.25, 0.3) is 0 Å². The number of fused-ring (bicyclic) bond motifs is 1. The maximum atomic E-state index is 11.5. The highest BCUT2D eigenvalue weighted by Gasteiger charge is 2.35. The molecular weight excluding hydrogens is 284 g/mol. The maximum Gasteiger partial charge on any atom is 0.347 e. The van der Waals surface area contributed by atoms with Gasteiger partial charge in [0.15, 0.2) is 5.13 Å². The molecule has 2 heterocycles. The van der Waals surface area contributed by atoms with Gasteiger partial charge in [0.25, 0.3) is 0 Å². The number of thiazole rings is 1. The van der Waals surface area contributed by atoms with Gasteiger partial charge in [0.05, 0.1) is 5.69 Å². The molecule has 1 N–H and O–H groups in total. The molecule has 1 aromatic heterocycles. The molecule has 2 aliphatic rings. The van der Waals surface area contributed by atoms with E-state index in [9.17, 15) is 9.90 Å². The van der Waals surface area contributed by atoms with Crippen molar-refractivity contribution in [1.82, 2.24) is 4.98 Å². The Labute approximate surface area is 130 Å². The third-order valence-corrected chi connectivity index (χ3v) is 5.97. The lowest BCUT2D eigenvalue weighted by Crippen LogP contribution is -2.46. The molecule has 1 aromatic rings. The van der Waals surface area contributed by atoms with Gasteiger partial charge in [-0.05, 0) is 37.5 Å². The van der Waals surface area contributed by atoms with Gasteiger partial charge in [0.2, 0.25) is 0 Å². The monoisotopic (exact) mass is 308 g/mol. The molecule has 2 atom stereocenters. The van der Waals surface area contributed by atoms with Crippen molar-refractivity contribution >= 4 is 22.4 Å². The second kappa shape index (κ2) is 5.95. The average molecular weight is 308 g/mol. The molecule has 4 nitrogen and oxygen atoms in total. The molecule has 0 aromatic carbocycles. The normalized spacial score (nSPS) is 26.0. The molecular formula is C16H24N2O2S. The van der Waals surface area contributed by atoms with Gasteiger partial charge in [0.1, 0.15) is 4.88 Å². The number of piperidine rings is 1. The minimum atomic E-state index is -0.834. The number of rotatable bonds is 3.